The number of likely N-dealkylation sites (N-methyl/N-ethyl adjacent to an activating group) is 1. The van der Waals surface area contributed by atoms with Gasteiger partial charge in [0.15, 0.2) is 0 Å². The van der Waals surface area contributed by atoms with Crippen LogP contribution in [0.2, 0.25) is 0 Å². The molecule has 0 fully saturated rings. The Bertz CT molecular complexity index is 674. The van der Waals surface area contributed by atoms with Crippen LogP contribution in [0.4, 0.5) is 11.4 Å². The highest BCUT2D eigenvalue weighted by molar-refractivity contribution is 5.58. The zero-order valence-electron chi connectivity index (χ0n) is 14.9. The number of allylic oxidation sites excluding steroid dienone is 1. The molecule has 0 N–H and O–H groups in total. The van der Waals surface area contributed by atoms with Crippen LogP contribution >= 0.6 is 0 Å². The summed E-state index contributed by atoms with van der Waals surface area (Å²) in [4.78, 5) is 7.00. The van der Waals surface area contributed by atoms with Gasteiger partial charge in [-0.1, -0.05) is 30.3 Å². The molecule has 24 heavy (non-hydrogen) atoms. The standard InChI is InChI=1S/C21H27N3/c1-18-13-16-23(17-24(18)21-7-5-4-6-8-21)20-11-9-19(10-12-20)14-15-22(2)3/h4-13H,14-17H2,1-3H3. The molecule has 0 aliphatic carbocycles. The predicted octanol–water partition coefficient (Wildman–Crippen LogP) is 3.98. The Morgan fingerprint density at radius 1 is 0.917 bits per heavy atom. The van der Waals surface area contributed by atoms with Crippen LogP contribution in [0.5, 0.6) is 0 Å². The molecule has 2 aromatic carbocycles. The Morgan fingerprint density at radius 3 is 2.29 bits per heavy atom. The topological polar surface area (TPSA) is 9.72 Å². The molecule has 0 atom stereocenters. The van der Waals surface area contributed by atoms with Crippen LogP contribution in [0, 0.1) is 0 Å². The maximum atomic E-state index is 2.41. The summed E-state index contributed by atoms with van der Waals surface area (Å²) in [6.45, 7) is 5.14. The Labute approximate surface area is 145 Å². The second-order valence-electron chi connectivity index (χ2n) is 6.69. The highest BCUT2D eigenvalue weighted by atomic mass is 15.3. The smallest absolute Gasteiger partial charge is 0.0951 e. The van der Waals surface area contributed by atoms with E-state index in [1.54, 1.807) is 0 Å². The molecule has 0 unspecified atom stereocenters. The van der Waals surface area contributed by atoms with Crippen molar-refractivity contribution in [2.45, 2.75) is 13.3 Å². The Morgan fingerprint density at radius 2 is 1.62 bits per heavy atom. The summed E-state index contributed by atoms with van der Waals surface area (Å²) in [5.41, 5.74) is 5.25. The molecule has 2 aromatic rings. The summed E-state index contributed by atoms with van der Waals surface area (Å²) in [7, 11) is 4.24. The summed E-state index contributed by atoms with van der Waals surface area (Å²) < 4.78 is 0. The Balaban J connectivity index is 1.71. The molecule has 0 amide bonds. The van der Waals surface area contributed by atoms with Gasteiger partial charge in [-0.15, -0.1) is 0 Å². The Hall–Kier alpha value is -2.26. The first-order chi connectivity index (χ1) is 11.6. The molecule has 0 spiro atoms. The number of hydrogen-bond acceptors (Lipinski definition) is 3. The van der Waals surface area contributed by atoms with Gasteiger partial charge in [0.1, 0.15) is 0 Å². The van der Waals surface area contributed by atoms with Crippen LogP contribution in [0.25, 0.3) is 0 Å². The van der Waals surface area contributed by atoms with Gasteiger partial charge in [0.2, 0.25) is 0 Å². The first-order valence-corrected chi connectivity index (χ1v) is 8.61. The van der Waals surface area contributed by atoms with Gasteiger partial charge in [-0.05, 0) is 63.3 Å². The number of para-hydroxylation sites is 1. The molecule has 3 nitrogen and oxygen atoms in total. The lowest BCUT2D eigenvalue weighted by molar-refractivity contribution is 0.413. The van der Waals surface area contributed by atoms with Gasteiger partial charge in [-0.3, -0.25) is 0 Å². The van der Waals surface area contributed by atoms with E-state index in [9.17, 15) is 0 Å². The van der Waals surface area contributed by atoms with Crippen LogP contribution in [0.1, 0.15) is 12.5 Å². The van der Waals surface area contributed by atoms with E-state index in [1.807, 2.05) is 0 Å². The molecule has 0 radical (unpaired) electrons. The highest BCUT2D eigenvalue weighted by Gasteiger charge is 2.18. The fourth-order valence-electron chi connectivity index (χ4n) is 3.00. The fourth-order valence-corrected chi connectivity index (χ4v) is 3.00. The van der Waals surface area contributed by atoms with E-state index in [0.717, 1.165) is 26.2 Å². The first-order valence-electron chi connectivity index (χ1n) is 8.61. The van der Waals surface area contributed by atoms with Crippen molar-refractivity contribution in [3.8, 4) is 0 Å². The van der Waals surface area contributed by atoms with E-state index in [-0.39, 0.29) is 0 Å². The largest absolute Gasteiger partial charge is 0.350 e. The van der Waals surface area contributed by atoms with Crippen molar-refractivity contribution in [3.63, 3.8) is 0 Å². The lowest BCUT2D eigenvalue weighted by Crippen LogP contribution is -2.41. The first kappa shape index (κ1) is 16.6. The van der Waals surface area contributed by atoms with E-state index < -0.39 is 0 Å². The van der Waals surface area contributed by atoms with Crippen molar-refractivity contribution in [3.05, 3.63) is 71.9 Å². The minimum absolute atomic E-state index is 0.892. The molecule has 3 rings (SSSR count). The van der Waals surface area contributed by atoms with Crippen LogP contribution < -0.4 is 9.80 Å². The van der Waals surface area contributed by atoms with Crippen LogP contribution in [-0.2, 0) is 6.42 Å². The average molecular weight is 321 g/mol. The van der Waals surface area contributed by atoms with E-state index in [1.165, 1.54) is 22.6 Å². The molecule has 0 aromatic heterocycles. The molecule has 1 aliphatic rings. The minimum Gasteiger partial charge on any atom is -0.350 e. The van der Waals surface area contributed by atoms with Gasteiger partial charge >= 0.3 is 0 Å². The van der Waals surface area contributed by atoms with Crippen molar-refractivity contribution in [2.75, 3.05) is 43.7 Å². The third-order valence-corrected chi connectivity index (χ3v) is 4.56. The number of nitrogens with zero attached hydrogens (tertiary/aromatic N) is 3. The van der Waals surface area contributed by atoms with Crippen molar-refractivity contribution < 1.29 is 0 Å². The van der Waals surface area contributed by atoms with Gasteiger partial charge in [-0.2, -0.15) is 0 Å². The van der Waals surface area contributed by atoms with E-state index in [0.29, 0.717) is 0 Å². The van der Waals surface area contributed by atoms with Crippen LogP contribution in [-0.4, -0.2) is 38.8 Å². The molecule has 0 saturated carbocycles. The maximum Gasteiger partial charge on any atom is 0.0951 e. The summed E-state index contributed by atoms with van der Waals surface area (Å²) in [6.07, 6.45) is 3.40. The predicted molar refractivity (Wildman–Crippen MR) is 104 cm³/mol. The molecule has 126 valence electrons. The zero-order valence-corrected chi connectivity index (χ0v) is 14.9. The maximum absolute atomic E-state index is 2.41. The summed E-state index contributed by atoms with van der Waals surface area (Å²) in [6, 6.07) is 19.6. The highest BCUT2D eigenvalue weighted by Crippen LogP contribution is 2.25. The second-order valence-corrected chi connectivity index (χ2v) is 6.69. The van der Waals surface area contributed by atoms with Gasteiger partial charge < -0.3 is 14.7 Å². The monoisotopic (exact) mass is 321 g/mol. The van der Waals surface area contributed by atoms with Gasteiger partial charge in [0, 0.05) is 30.2 Å². The van der Waals surface area contributed by atoms with Crippen molar-refractivity contribution in [1.29, 1.82) is 0 Å². The quantitative estimate of drug-likeness (QED) is 0.825. The third-order valence-electron chi connectivity index (χ3n) is 4.56. The third kappa shape index (κ3) is 3.98. The van der Waals surface area contributed by atoms with Crippen LogP contribution in [0.3, 0.4) is 0 Å². The fraction of sp³-hybridized carbons (Fsp3) is 0.333. The summed E-state index contributed by atoms with van der Waals surface area (Å²) in [5.74, 6) is 0. The van der Waals surface area contributed by atoms with E-state index in [2.05, 4.69) is 96.4 Å². The average Bonchev–Trinajstić information content (AvgIpc) is 2.61. The number of anilines is 2. The van der Waals surface area contributed by atoms with Crippen molar-refractivity contribution in [2.24, 2.45) is 0 Å². The molecule has 3 heteroatoms. The number of rotatable bonds is 5. The van der Waals surface area contributed by atoms with Gasteiger partial charge in [-0.25, -0.2) is 0 Å². The van der Waals surface area contributed by atoms with Gasteiger partial charge in [0.25, 0.3) is 0 Å². The molecular weight excluding hydrogens is 294 g/mol. The normalized spacial score (nSPS) is 14.9. The molecule has 0 bridgehead atoms. The Kier molecular flexibility index (Phi) is 5.21. The molecule has 1 heterocycles. The zero-order chi connectivity index (χ0) is 16.9. The SMILES string of the molecule is CC1=CCN(c2ccc(CCN(C)C)cc2)CN1c1ccccc1. The minimum atomic E-state index is 0.892. The van der Waals surface area contributed by atoms with Crippen molar-refractivity contribution >= 4 is 11.4 Å². The van der Waals surface area contributed by atoms with Crippen molar-refractivity contribution in [1.82, 2.24) is 4.90 Å². The van der Waals surface area contributed by atoms with Gasteiger partial charge in [0.05, 0.1) is 6.67 Å². The summed E-state index contributed by atoms with van der Waals surface area (Å²) in [5, 5.41) is 0. The molecular formula is C21H27N3. The molecule has 0 saturated heterocycles. The van der Waals surface area contributed by atoms with E-state index >= 15 is 0 Å². The van der Waals surface area contributed by atoms with E-state index in [4.69, 9.17) is 0 Å². The molecule has 1 aliphatic heterocycles. The van der Waals surface area contributed by atoms with Crippen LogP contribution in [0.15, 0.2) is 66.4 Å². The lowest BCUT2D eigenvalue weighted by Gasteiger charge is -2.37. The number of hydrogen-bond donors (Lipinski definition) is 0. The summed E-state index contributed by atoms with van der Waals surface area (Å²) >= 11 is 0. The number of benzene rings is 2. The second kappa shape index (κ2) is 7.54. The lowest BCUT2D eigenvalue weighted by atomic mass is 10.1.